The second kappa shape index (κ2) is 11.2. The van der Waals surface area contributed by atoms with Crippen LogP contribution in [-0.2, 0) is 20.9 Å². The van der Waals surface area contributed by atoms with E-state index in [4.69, 9.17) is 19.8 Å². The first-order chi connectivity index (χ1) is 14.9. The zero-order chi connectivity index (χ0) is 22.2. The summed E-state index contributed by atoms with van der Waals surface area (Å²) in [5.41, 5.74) is 1.44. The van der Waals surface area contributed by atoms with E-state index >= 15 is 0 Å². The Balaban J connectivity index is 0.000000401. The molecule has 8 nitrogen and oxygen atoms in total. The minimum atomic E-state index is -1.82. The minimum Gasteiger partial charge on any atom is -0.473 e. The summed E-state index contributed by atoms with van der Waals surface area (Å²) < 4.78 is 1.37. The Morgan fingerprint density at radius 2 is 1.58 bits per heavy atom. The van der Waals surface area contributed by atoms with Gasteiger partial charge in [0, 0.05) is 43.5 Å². The molecule has 9 heteroatoms. The Labute approximate surface area is 185 Å². The van der Waals surface area contributed by atoms with Gasteiger partial charge in [0.2, 0.25) is 5.91 Å². The number of aliphatic carboxylic acids is 2. The van der Waals surface area contributed by atoms with Gasteiger partial charge in [-0.2, -0.15) is 0 Å². The van der Waals surface area contributed by atoms with Crippen molar-refractivity contribution in [2.45, 2.75) is 38.3 Å². The number of fused-ring (bicyclic) bond motifs is 1. The molecule has 1 aliphatic heterocycles. The molecule has 0 unspecified atom stereocenters. The van der Waals surface area contributed by atoms with E-state index in [1.165, 1.54) is 28.5 Å². The molecule has 4 rings (SSSR count). The Morgan fingerprint density at radius 1 is 0.968 bits per heavy atom. The second-order valence-electron chi connectivity index (χ2n) is 7.97. The van der Waals surface area contributed by atoms with Crippen LogP contribution in [0.3, 0.4) is 0 Å². The van der Waals surface area contributed by atoms with E-state index in [1.54, 1.807) is 0 Å². The maximum Gasteiger partial charge on any atom is 0.414 e. The molecule has 2 aliphatic rings. The molecular weight excluding hydrogens is 418 g/mol. The Hall–Kier alpha value is -2.49. The molecule has 1 saturated heterocycles. The number of rotatable bonds is 5. The average Bonchev–Trinajstić information content (AvgIpc) is 3.40. The number of benzene rings is 1. The van der Waals surface area contributed by atoms with Crippen molar-refractivity contribution >= 4 is 39.3 Å². The highest BCUT2D eigenvalue weighted by Crippen LogP contribution is 2.27. The number of thiophene rings is 1. The van der Waals surface area contributed by atoms with E-state index in [9.17, 15) is 4.79 Å². The van der Waals surface area contributed by atoms with Crippen molar-refractivity contribution < 1.29 is 24.6 Å². The summed E-state index contributed by atoms with van der Waals surface area (Å²) in [6.07, 6.45) is 4.85. The molecule has 3 N–H and O–H groups in total. The molecule has 1 saturated carbocycles. The van der Waals surface area contributed by atoms with Crippen LogP contribution in [0.2, 0.25) is 0 Å². The number of carboxylic acid groups (broad SMARTS) is 2. The molecule has 2 aromatic rings. The molecule has 31 heavy (non-hydrogen) atoms. The topological polar surface area (TPSA) is 110 Å². The highest BCUT2D eigenvalue weighted by atomic mass is 32.1. The van der Waals surface area contributed by atoms with Crippen LogP contribution in [0.4, 0.5) is 0 Å². The summed E-state index contributed by atoms with van der Waals surface area (Å²) in [4.78, 5) is 35.2. The van der Waals surface area contributed by atoms with Crippen LogP contribution in [-0.4, -0.2) is 76.6 Å². The largest absolute Gasteiger partial charge is 0.473 e. The van der Waals surface area contributed by atoms with Crippen LogP contribution in [0.1, 0.15) is 31.2 Å². The lowest BCUT2D eigenvalue weighted by Gasteiger charge is -2.34. The summed E-state index contributed by atoms with van der Waals surface area (Å²) >= 11 is 1.84. The summed E-state index contributed by atoms with van der Waals surface area (Å²) in [5.74, 6) is -3.44. The number of carboxylic acids is 2. The number of nitrogens with one attached hydrogen (secondary N) is 1. The van der Waals surface area contributed by atoms with E-state index in [-0.39, 0.29) is 5.91 Å². The summed E-state index contributed by atoms with van der Waals surface area (Å²) in [7, 11) is 0. The van der Waals surface area contributed by atoms with E-state index in [1.807, 2.05) is 11.3 Å². The Kier molecular flexibility index (Phi) is 8.39. The summed E-state index contributed by atoms with van der Waals surface area (Å²) in [6.45, 7) is 5.64. The molecule has 1 aromatic heterocycles. The van der Waals surface area contributed by atoms with E-state index in [2.05, 4.69) is 44.8 Å². The molecular formula is C22H29N3O5S. The SMILES string of the molecule is O=C(CN1CCN(Cc2csc3ccccc23)CC1)NC1CCCC1.O=C(O)C(=O)O. The van der Waals surface area contributed by atoms with Crippen molar-refractivity contribution in [1.82, 2.24) is 15.1 Å². The zero-order valence-corrected chi connectivity index (χ0v) is 18.3. The fraction of sp³-hybridized carbons (Fsp3) is 0.500. The standard InChI is InChI=1S/C20H27N3OS.C2H2O4/c24-20(21-17-5-1-2-6-17)14-23-11-9-22(10-12-23)13-16-15-25-19-8-4-3-7-18(16)19;3-1(4)2(5)6/h3-4,7-8,15,17H,1-2,5-6,9-14H2,(H,21,24);(H,3,4)(H,5,6). The predicted octanol–water partition coefficient (Wildman–Crippen LogP) is 2.23. The van der Waals surface area contributed by atoms with Gasteiger partial charge >= 0.3 is 11.9 Å². The second-order valence-corrected chi connectivity index (χ2v) is 8.88. The lowest BCUT2D eigenvalue weighted by molar-refractivity contribution is -0.159. The Bertz CT molecular complexity index is 889. The fourth-order valence-electron chi connectivity index (χ4n) is 4.05. The van der Waals surface area contributed by atoms with Gasteiger partial charge in [0.15, 0.2) is 0 Å². The first kappa shape index (κ1) is 23.2. The molecule has 0 atom stereocenters. The molecule has 2 fully saturated rings. The van der Waals surface area contributed by atoms with Gasteiger partial charge in [0.25, 0.3) is 0 Å². The summed E-state index contributed by atoms with van der Waals surface area (Å²) in [5, 5.41) is 21.7. The van der Waals surface area contributed by atoms with Crippen LogP contribution in [0, 0.1) is 0 Å². The number of piperazine rings is 1. The van der Waals surface area contributed by atoms with Gasteiger partial charge in [0.05, 0.1) is 6.54 Å². The van der Waals surface area contributed by atoms with E-state index in [0.717, 1.165) is 45.6 Å². The van der Waals surface area contributed by atoms with Crippen LogP contribution in [0.25, 0.3) is 10.1 Å². The van der Waals surface area contributed by atoms with Gasteiger partial charge in [-0.05, 0) is 35.2 Å². The lowest BCUT2D eigenvalue weighted by atomic mass is 10.1. The zero-order valence-electron chi connectivity index (χ0n) is 17.5. The van der Waals surface area contributed by atoms with E-state index in [0.29, 0.717) is 12.6 Å². The highest BCUT2D eigenvalue weighted by Gasteiger charge is 2.22. The third-order valence-electron chi connectivity index (χ3n) is 5.69. The fourth-order valence-corrected chi connectivity index (χ4v) is 5.00. The maximum atomic E-state index is 12.2. The van der Waals surface area contributed by atoms with Crippen LogP contribution >= 0.6 is 11.3 Å². The van der Waals surface area contributed by atoms with Gasteiger partial charge in [-0.1, -0.05) is 31.0 Å². The number of amides is 1. The summed E-state index contributed by atoms with van der Waals surface area (Å²) in [6, 6.07) is 9.09. The third-order valence-corrected chi connectivity index (χ3v) is 6.70. The van der Waals surface area contributed by atoms with Crippen molar-refractivity contribution in [2.24, 2.45) is 0 Å². The first-order valence-corrected chi connectivity index (χ1v) is 11.5. The molecule has 0 radical (unpaired) electrons. The number of hydrogen-bond acceptors (Lipinski definition) is 6. The predicted molar refractivity (Wildman–Crippen MR) is 119 cm³/mol. The molecule has 0 spiro atoms. The van der Waals surface area contributed by atoms with Crippen molar-refractivity contribution in [3.05, 3.63) is 35.2 Å². The molecule has 168 valence electrons. The van der Waals surface area contributed by atoms with Crippen LogP contribution in [0.15, 0.2) is 29.6 Å². The third kappa shape index (κ3) is 7.02. The molecule has 1 aromatic carbocycles. The molecule has 2 heterocycles. The monoisotopic (exact) mass is 447 g/mol. The number of nitrogens with zero attached hydrogens (tertiary/aromatic N) is 2. The van der Waals surface area contributed by atoms with Crippen molar-refractivity contribution in [2.75, 3.05) is 32.7 Å². The lowest BCUT2D eigenvalue weighted by Crippen LogP contribution is -2.49. The van der Waals surface area contributed by atoms with Gasteiger partial charge in [0.1, 0.15) is 0 Å². The van der Waals surface area contributed by atoms with Crippen molar-refractivity contribution in [3.63, 3.8) is 0 Å². The van der Waals surface area contributed by atoms with Crippen molar-refractivity contribution in [1.29, 1.82) is 0 Å². The van der Waals surface area contributed by atoms with Crippen LogP contribution < -0.4 is 5.32 Å². The Morgan fingerprint density at radius 3 is 2.23 bits per heavy atom. The molecule has 1 aliphatic carbocycles. The van der Waals surface area contributed by atoms with Crippen molar-refractivity contribution in [3.8, 4) is 0 Å². The normalized spacial score (nSPS) is 17.8. The number of carbonyl (C=O) groups is 3. The van der Waals surface area contributed by atoms with E-state index < -0.39 is 11.9 Å². The average molecular weight is 448 g/mol. The quantitative estimate of drug-likeness (QED) is 0.603. The minimum absolute atomic E-state index is 0.212. The molecule has 1 amide bonds. The van der Waals surface area contributed by atoms with Gasteiger partial charge < -0.3 is 15.5 Å². The first-order valence-electron chi connectivity index (χ1n) is 10.6. The van der Waals surface area contributed by atoms with Gasteiger partial charge in [-0.15, -0.1) is 11.3 Å². The maximum absolute atomic E-state index is 12.2. The van der Waals surface area contributed by atoms with Gasteiger partial charge in [-0.25, -0.2) is 9.59 Å². The molecule has 0 bridgehead atoms. The highest BCUT2D eigenvalue weighted by molar-refractivity contribution is 7.17. The number of hydrogen-bond donors (Lipinski definition) is 3. The number of carbonyl (C=O) groups excluding carboxylic acids is 1. The smallest absolute Gasteiger partial charge is 0.414 e. The van der Waals surface area contributed by atoms with Crippen LogP contribution in [0.5, 0.6) is 0 Å². The van der Waals surface area contributed by atoms with Gasteiger partial charge in [-0.3, -0.25) is 14.6 Å².